The Bertz CT molecular complexity index is 711. The van der Waals surface area contributed by atoms with Crippen molar-refractivity contribution in [1.82, 2.24) is 10.9 Å². The van der Waals surface area contributed by atoms with E-state index in [1.165, 1.54) is 18.4 Å². The molecule has 24 heavy (non-hydrogen) atoms. The molecule has 2 N–H and O–H groups in total. The lowest BCUT2D eigenvalue weighted by Gasteiger charge is -2.08. The van der Waals surface area contributed by atoms with Crippen LogP contribution in [0.5, 0.6) is 0 Å². The molecule has 2 amide bonds. The summed E-state index contributed by atoms with van der Waals surface area (Å²) < 4.78 is 14.7. The summed E-state index contributed by atoms with van der Waals surface area (Å²) in [6.45, 7) is -0.174. The van der Waals surface area contributed by atoms with Crippen LogP contribution in [0.1, 0.15) is 26.5 Å². The van der Waals surface area contributed by atoms with E-state index in [0.717, 1.165) is 5.56 Å². The maximum absolute atomic E-state index is 11.9. The van der Waals surface area contributed by atoms with Crippen LogP contribution in [0.25, 0.3) is 0 Å². The van der Waals surface area contributed by atoms with Crippen LogP contribution < -0.4 is 10.9 Å². The van der Waals surface area contributed by atoms with Gasteiger partial charge in [0.1, 0.15) is 0 Å². The van der Waals surface area contributed by atoms with Gasteiger partial charge in [-0.1, -0.05) is 12.1 Å². The summed E-state index contributed by atoms with van der Waals surface area (Å²) in [6.07, 6.45) is 1.33. The van der Waals surface area contributed by atoms with E-state index in [4.69, 9.17) is 13.9 Å². The highest BCUT2D eigenvalue weighted by atomic mass is 16.5. The van der Waals surface area contributed by atoms with E-state index < -0.39 is 24.4 Å². The molecule has 0 saturated carbocycles. The van der Waals surface area contributed by atoms with Crippen molar-refractivity contribution in [2.45, 2.75) is 6.61 Å². The van der Waals surface area contributed by atoms with Crippen LogP contribution >= 0.6 is 0 Å². The number of furan rings is 1. The van der Waals surface area contributed by atoms with E-state index >= 15 is 0 Å². The van der Waals surface area contributed by atoms with E-state index in [0.29, 0.717) is 12.2 Å². The van der Waals surface area contributed by atoms with Gasteiger partial charge < -0.3 is 13.9 Å². The predicted octanol–water partition coefficient (Wildman–Crippen LogP) is 1.04. The molecule has 0 atom stereocenters. The van der Waals surface area contributed by atoms with Crippen molar-refractivity contribution in [1.29, 1.82) is 0 Å². The molecule has 2 aromatic rings. The van der Waals surface area contributed by atoms with Gasteiger partial charge in [-0.25, -0.2) is 4.79 Å². The molecule has 0 unspecified atom stereocenters. The molecule has 0 radical (unpaired) electrons. The fraction of sp³-hybridized carbons (Fsp3) is 0.188. The van der Waals surface area contributed by atoms with Crippen LogP contribution in [0.15, 0.2) is 47.1 Å². The Morgan fingerprint density at radius 1 is 1.12 bits per heavy atom. The molecule has 0 aliphatic rings. The zero-order valence-electron chi connectivity index (χ0n) is 12.9. The molecule has 1 aromatic heterocycles. The fourth-order valence-electron chi connectivity index (χ4n) is 1.80. The fourth-order valence-corrected chi connectivity index (χ4v) is 1.80. The lowest BCUT2D eigenvalue weighted by atomic mass is 10.1. The molecule has 8 heteroatoms. The molecule has 8 nitrogen and oxygen atoms in total. The number of hydrazine groups is 1. The van der Waals surface area contributed by atoms with Crippen LogP contribution in [0.2, 0.25) is 0 Å². The number of benzene rings is 1. The van der Waals surface area contributed by atoms with E-state index in [1.807, 2.05) is 0 Å². The minimum absolute atomic E-state index is 0.0438. The maximum Gasteiger partial charge on any atom is 0.338 e. The van der Waals surface area contributed by atoms with Gasteiger partial charge in [-0.3, -0.25) is 20.4 Å². The van der Waals surface area contributed by atoms with Gasteiger partial charge >= 0.3 is 11.9 Å². The van der Waals surface area contributed by atoms with E-state index in [9.17, 15) is 14.4 Å². The van der Waals surface area contributed by atoms with E-state index in [1.54, 1.807) is 31.4 Å². The largest absolute Gasteiger partial charge is 0.459 e. The van der Waals surface area contributed by atoms with Gasteiger partial charge in [0.15, 0.2) is 12.4 Å². The summed E-state index contributed by atoms with van der Waals surface area (Å²) in [4.78, 5) is 35.0. The van der Waals surface area contributed by atoms with Crippen molar-refractivity contribution in [2.24, 2.45) is 0 Å². The maximum atomic E-state index is 11.9. The summed E-state index contributed by atoms with van der Waals surface area (Å²) in [5.74, 6) is -1.91. The normalized spacial score (nSPS) is 10.0. The second-order valence-corrected chi connectivity index (χ2v) is 4.69. The summed E-state index contributed by atoms with van der Waals surface area (Å²) in [5, 5.41) is 0. The van der Waals surface area contributed by atoms with Gasteiger partial charge in [-0.05, 0) is 29.8 Å². The highest BCUT2D eigenvalue weighted by Crippen LogP contribution is 2.07. The lowest BCUT2D eigenvalue weighted by molar-refractivity contribution is -0.125. The third-order valence-corrected chi connectivity index (χ3v) is 2.87. The van der Waals surface area contributed by atoms with Crippen molar-refractivity contribution in [2.75, 3.05) is 13.7 Å². The van der Waals surface area contributed by atoms with Gasteiger partial charge in [-0.15, -0.1) is 0 Å². The standard InChI is InChI=1S/C16H16N2O6/c1-22-9-11-4-2-5-12(8-11)16(21)24-10-14(19)17-18-15(20)13-6-3-7-23-13/h2-8H,9-10H2,1H3,(H,17,19)(H,18,20). The summed E-state index contributed by atoms with van der Waals surface area (Å²) in [5.41, 5.74) is 5.36. The number of carbonyl (C=O) groups excluding carboxylic acids is 3. The topological polar surface area (TPSA) is 107 Å². The number of methoxy groups -OCH3 is 1. The Hall–Kier alpha value is -3.13. The van der Waals surface area contributed by atoms with Gasteiger partial charge in [0, 0.05) is 7.11 Å². The summed E-state index contributed by atoms with van der Waals surface area (Å²) in [7, 11) is 1.55. The smallest absolute Gasteiger partial charge is 0.338 e. The number of hydrogen-bond acceptors (Lipinski definition) is 6. The lowest BCUT2D eigenvalue weighted by Crippen LogP contribution is -2.43. The Morgan fingerprint density at radius 3 is 2.67 bits per heavy atom. The molecule has 0 aliphatic heterocycles. The summed E-state index contributed by atoms with van der Waals surface area (Å²) in [6, 6.07) is 9.65. The molecule has 1 heterocycles. The van der Waals surface area contributed by atoms with Gasteiger partial charge in [-0.2, -0.15) is 0 Å². The third-order valence-electron chi connectivity index (χ3n) is 2.87. The van der Waals surface area contributed by atoms with Crippen LogP contribution in [0, 0.1) is 0 Å². The highest BCUT2D eigenvalue weighted by molar-refractivity contribution is 5.94. The molecule has 0 aliphatic carbocycles. The number of nitrogens with one attached hydrogen (secondary N) is 2. The van der Waals surface area contributed by atoms with Crippen molar-refractivity contribution in [3.05, 3.63) is 59.5 Å². The predicted molar refractivity (Wildman–Crippen MR) is 81.8 cm³/mol. The van der Waals surface area contributed by atoms with E-state index in [2.05, 4.69) is 10.9 Å². The monoisotopic (exact) mass is 332 g/mol. The quantitative estimate of drug-likeness (QED) is 0.605. The van der Waals surface area contributed by atoms with Crippen LogP contribution in [-0.4, -0.2) is 31.5 Å². The Labute approximate surface area is 137 Å². The first-order valence-electron chi connectivity index (χ1n) is 6.98. The number of carbonyl (C=O) groups is 3. The van der Waals surface area contributed by atoms with Crippen molar-refractivity contribution in [3.8, 4) is 0 Å². The number of esters is 1. The Balaban J connectivity index is 1.77. The molecule has 1 aromatic carbocycles. The molecule has 0 fully saturated rings. The third kappa shape index (κ3) is 4.96. The van der Waals surface area contributed by atoms with Crippen LogP contribution in [-0.2, 0) is 20.9 Å². The molecular weight excluding hydrogens is 316 g/mol. The second kappa shape index (κ2) is 8.49. The SMILES string of the molecule is COCc1cccc(C(=O)OCC(=O)NNC(=O)c2ccco2)c1. The zero-order chi connectivity index (χ0) is 17.4. The van der Waals surface area contributed by atoms with Gasteiger partial charge in [0.25, 0.3) is 5.91 Å². The van der Waals surface area contributed by atoms with Crippen molar-refractivity contribution >= 4 is 17.8 Å². The van der Waals surface area contributed by atoms with Gasteiger partial charge in [0.05, 0.1) is 18.4 Å². The zero-order valence-corrected chi connectivity index (χ0v) is 12.9. The molecule has 0 bridgehead atoms. The molecule has 2 rings (SSSR count). The Kier molecular flexibility index (Phi) is 6.09. The first kappa shape index (κ1) is 17.2. The van der Waals surface area contributed by atoms with E-state index in [-0.39, 0.29) is 5.76 Å². The number of rotatable bonds is 6. The van der Waals surface area contributed by atoms with Gasteiger partial charge in [0.2, 0.25) is 0 Å². The van der Waals surface area contributed by atoms with Crippen LogP contribution in [0.4, 0.5) is 0 Å². The first-order valence-corrected chi connectivity index (χ1v) is 6.98. The number of amides is 2. The average molecular weight is 332 g/mol. The molecule has 0 saturated heterocycles. The summed E-state index contributed by atoms with van der Waals surface area (Å²) >= 11 is 0. The highest BCUT2D eigenvalue weighted by Gasteiger charge is 2.13. The first-order chi connectivity index (χ1) is 11.6. The minimum Gasteiger partial charge on any atom is -0.459 e. The number of ether oxygens (including phenoxy) is 2. The second-order valence-electron chi connectivity index (χ2n) is 4.69. The van der Waals surface area contributed by atoms with Crippen molar-refractivity contribution < 1.29 is 28.3 Å². The van der Waals surface area contributed by atoms with Crippen molar-refractivity contribution in [3.63, 3.8) is 0 Å². The number of hydrogen-bond donors (Lipinski definition) is 2. The Morgan fingerprint density at radius 2 is 1.96 bits per heavy atom. The molecular formula is C16H16N2O6. The minimum atomic E-state index is -0.684. The van der Waals surface area contributed by atoms with Crippen LogP contribution in [0.3, 0.4) is 0 Å². The molecule has 0 spiro atoms. The average Bonchev–Trinajstić information content (AvgIpc) is 3.12. The molecule has 126 valence electrons.